The quantitative estimate of drug-likeness (QED) is 0.130. The number of amides is 4. The number of likely N-dealkylation sites (tertiary alicyclic amines) is 1. The summed E-state index contributed by atoms with van der Waals surface area (Å²) in [6.07, 6.45) is -9.54. The van der Waals surface area contributed by atoms with E-state index < -0.39 is 92.6 Å². The van der Waals surface area contributed by atoms with Crippen LogP contribution in [0.2, 0.25) is 0 Å². The van der Waals surface area contributed by atoms with Crippen molar-refractivity contribution in [2.75, 3.05) is 10.4 Å². The molecule has 238 valence electrons. The van der Waals surface area contributed by atoms with Gasteiger partial charge in [0.2, 0.25) is 11.8 Å². The molecule has 6 atom stereocenters. The van der Waals surface area contributed by atoms with E-state index in [4.69, 9.17) is 23.2 Å². The Morgan fingerprint density at radius 3 is 2.07 bits per heavy atom. The number of carbonyl (C=O) groups is 4. The highest BCUT2D eigenvalue weighted by Crippen LogP contribution is 2.65. The van der Waals surface area contributed by atoms with Crippen molar-refractivity contribution in [3.05, 3.63) is 70.8 Å². The molecule has 4 aliphatic rings. The number of nitrogens with zero attached hydrogens (tertiary/aromatic N) is 2. The minimum Gasteiger partial charge on any atom is -0.508 e. The van der Waals surface area contributed by atoms with Gasteiger partial charge in [0.05, 0.1) is 34.1 Å². The fourth-order valence-electron chi connectivity index (χ4n) is 7.15. The highest BCUT2D eigenvalue weighted by atomic mass is 79.9. The number of carbonyl (C=O) groups excluding carboxylic acids is 4. The van der Waals surface area contributed by atoms with Gasteiger partial charge in [0.25, 0.3) is 11.8 Å². The van der Waals surface area contributed by atoms with Crippen molar-refractivity contribution in [3.8, 4) is 5.75 Å². The SMILES string of the molecule is O=C1[C@H]2[C@H](CC=C3[C@H]2C[C@@]2(Cl)C(=O)N(CBr)C(=O)[C@@]2(Cl)[C@H]3c2cccc(O)c2)C(=O)N1c1cc(C(F)(F)F)cc(C(F)(F)F)c1. The standard InChI is InChI=1S/C29H19BrCl2F6N2O5/c30-11-39-24(44)26(31)10-19-17(21(27(26,32)25(39)45)12-2-1-3-16(41)6-12)4-5-18-20(19)23(43)40(22(18)42)15-8-13(28(33,34)35)7-14(9-15)29(36,37)38/h1-4,6-9,18-21,41H,5,10-11H2/t18-,19+,20-,21-,26+,27-/m0/s1. The minimum atomic E-state index is -5.23. The van der Waals surface area contributed by atoms with Gasteiger partial charge < -0.3 is 5.11 Å². The number of alkyl halides is 9. The van der Waals surface area contributed by atoms with Crippen molar-refractivity contribution in [1.29, 1.82) is 0 Å². The van der Waals surface area contributed by atoms with Gasteiger partial charge in [-0.3, -0.25) is 24.1 Å². The summed E-state index contributed by atoms with van der Waals surface area (Å²) in [6, 6.07) is 6.10. The van der Waals surface area contributed by atoms with Crippen molar-refractivity contribution in [1.82, 2.24) is 4.90 Å². The number of phenolic OH excluding ortho intramolecular Hbond substituents is 1. The molecule has 2 aromatic carbocycles. The fraction of sp³-hybridized carbons (Fsp3) is 0.379. The second kappa shape index (κ2) is 10.2. The molecule has 0 bridgehead atoms. The molecule has 4 amide bonds. The van der Waals surface area contributed by atoms with Crippen molar-refractivity contribution < 1.29 is 50.6 Å². The van der Waals surface area contributed by atoms with Gasteiger partial charge in [0, 0.05) is 5.92 Å². The number of hydrogen-bond acceptors (Lipinski definition) is 5. The van der Waals surface area contributed by atoms with Crippen LogP contribution in [0.3, 0.4) is 0 Å². The molecular formula is C29H19BrCl2F6N2O5. The van der Waals surface area contributed by atoms with Gasteiger partial charge in [0.15, 0.2) is 9.75 Å². The maximum Gasteiger partial charge on any atom is 0.416 e. The Labute approximate surface area is 268 Å². The van der Waals surface area contributed by atoms with Crippen molar-refractivity contribution in [2.45, 2.75) is 40.9 Å². The molecule has 7 nitrogen and oxygen atoms in total. The molecule has 2 aromatic rings. The number of hydrogen-bond donors (Lipinski definition) is 1. The first-order valence-corrected chi connectivity index (χ1v) is 15.2. The Kier molecular flexibility index (Phi) is 7.22. The van der Waals surface area contributed by atoms with E-state index in [1.807, 2.05) is 0 Å². The number of anilines is 1. The van der Waals surface area contributed by atoms with E-state index in [-0.39, 0.29) is 29.3 Å². The Hall–Kier alpha value is -3.10. The first-order valence-electron chi connectivity index (χ1n) is 13.3. The zero-order valence-corrected chi connectivity index (χ0v) is 25.5. The molecule has 0 unspecified atom stereocenters. The van der Waals surface area contributed by atoms with E-state index in [1.165, 1.54) is 30.3 Å². The minimum absolute atomic E-state index is 0.113. The van der Waals surface area contributed by atoms with E-state index in [0.29, 0.717) is 22.6 Å². The molecule has 3 fully saturated rings. The highest BCUT2D eigenvalue weighted by molar-refractivity contribution is 9.09. The van der Waals surface area contributed by atoms with Gasteiger partial charge in [-0.25, -0.2) is 4.90 Å². The number of rotatable bonds is 3. The maximum absolute atomic E-state index is 14.0. The fourth-order valence-corrected chi connectivity index (χ4v) is 8.58. The lowest BCUT2D eigenvalue weighted by Gasteiger charge is -2.50. The van der Waals surface area contributed by atoms with Gasteiger partial charge in [-0.05, 0) is 54.7 Å². The number of fused-ring (bicyclic) bond motifs is 4. The lowest BCUT2D eigenvalue weighted by molar-refractivity contribution is -0.143. The number of halogens is 9. The zero-order chi connectivity index (χ0) is 33.0. The average Bonchev–Trinajstić information content (AvgIpc) is 3.29. The van der Waals surface area contributed by atoms with Crippen LogP contribution in [0, 0.1) is 17.8 Å². The Morgan fingerprint density at radius 2 is 1.51 bits per heavy atom. The predicted molar refractivity (Wildman–Crippen MR) is 150 cm³/mol. The predicted octanol–water partition coefficient (Wildman–Crippen LogP) is 6.35. The highest BCUT2D eigenvalue weighted by Gasteiger charge is 2.76. The largest absolute Gasteiger partial charge is 0.508 e. The first-order chi connectivity index (χ1) is 20.9. The summed E-state index contributed by atoms with van der Waals surface area (Å²) in [5.41, 5.74) is -4.02. The summed E-state index contributed by atoms with van der Waals surface area (Å²) in [5.74, 6) is -8.96. The van der Waals surface area contributed by atoms with Crippen LogP contribution in [0.25, 0.3) is 0 Å². The van der Waals surface area contributed by atoms with Crippen molar-refractivity contribution >= 4 is 68.4 Å². The molecule has 6 rings (SSSR count). The normalized spacial score (nSPS) is 31.6. The van der Waals surface area contributed by atoms with E-state index >= 15 is 0 Å². The molecule has 2 saturated heterocycles. The summed E-state index contributed by atoms with van der Waals surface area (Å²) in [4.78, 5) is 51.7. The molecule has 1 saturated carbocycles. The number of imide groups is 2. The lowest BCUT2D eigenvalue weighted by atomic mass is 9.56. The number of aromatic hydroxyl groups is 1. The summed E-state index contributed by atoms with van der Waals surface area (Å²) >= 11 is 17.2. The lowest BCUT2D eigenvalue weighted by Crippen LogP contribution is -2.60. The first kappa shape index (κ1) is 31.9. The third-order valence-corrected chi connectivity index (χ3v) is 11.0. The van der Waals surface area contributed by atoms with E-state index in [9.17, 15) is 50.6 Å². The van der Waals surface area contributed by atoms with Crippen LogP contribution in [0.1, 0.15) is 35.4 Å². The topological polar surface area (TPSA) is 95.0 Å². The summed E-state index contributed by atoms with van der Waals surface area (Å²) in [6.45, 7) is 0. The summed E-state index contributed by atoms with van der Waals surface area (Å²) in [7, 11) is 0. The second-order valence-electron chi connectivity index (χ2n) is 11.4. The summed E-state index contributed by atoms with van der Waals surface area (Å²) < 4.78 is 81.7. The number of phenols is 1. The van der Waals surface area contributed by atoms with Gasteiger partial charge in [0.1, 0.15) is 5.75 Å². The molecule has 2 heterocycles. The number of benzene rings is 2. The molecule has 45 heavy (non-hydrogen) atoms. The van der Waals surface area contributed by atoms with Gasteiger partial charge in [-0.1, -0.05) is 39.7 Å². The van der Waals surface area contributed by atoms with Crippen LogP contribution in [-0.2, 0) is 31.5 Å². The molecule has 1 N–H and O–H groups in total. The third kappa shape index (κ3) is 4.45. The molecule has 0 spiro atoms. The van der Waals surface area contributed by atoms with Crippen LogP contribution >= 0.6 is 39.1 Å². The Bertz CT molecular complexity index is 1680. The van der Waals surface area contributed by atoms with E-state index in [1.54, 1.807) is 0 Å². The molecule has 16 heteroatoms. The molecule has 0 radical (unpaired) electrons. The smallest absolute Gasteiger partial charge is 0.416 e. The van der Waals surface area contributed by atoms with Crippen LogP contribution in [0.4, 0.5) is 32.0 Å². The molecule has 2 aliphatic heterocycles. The van der Waals surface area contributed by atoms with Crippen LogP contribution < -0.4 is 4.90 Å². The monoisotopic (exact) mass is 738 g/mol. The van der Waals surface area contributed by atoms with E-state index in [2.05, 4.69) is 15.9 Å². The Morgan fingerprint density at radius 1 is 0.889 bits per heavy atom. The second-order valence-corrected chi connectivity index (χ2v) is 13.1. The van der Waals surface area contributed by atoms with Crippen LogP contribution in [-0.4, -0.2) is 48.8 Å². The molecular weight excluding hydrogens is 721 g/mol. The summed E-state index contributed by atoms with van der Waals surface area (Å²) in [5, 5.41) is 10.3. The van der Waals surface area contributed by atoms with Crippen molar-refractivity contribution in [2.24, 2.45) is 17.8 Å². The average molecular weight is 740 g/mol. The maximum atomic E-state index is 14.0. The van der Waals surface area contributed by atoms with Gasteiger partial charge in [-0.2, -0.15) is 26.3 Å². The molecule has 0 aromatic heterocycles. The van der Waals surface area contributed by atoms with Gasteiger partial charge in [-0.15, -0.1) is 23.2 Å². The zero-order valence-electron chi connectivity index (χ0n) is 22.4. The van der Waals surface area contributed by atoms with E-state index in [0.717, 1.165) is 4.90 Å². The van der Waals surface area contributed by atoms with Crippen LogP contribution in [0.15, 0.2) is 54.1 Å². The third-order valence-electron chi connectivity index (χ3n) is 9.05. The van der Waals surface area contributed by atoms with Crippen molar-refractivity contribution in [3.63, 3.8) is 0 Å². The van der Waals surface area contributed by atoms with Crippen LogP contribution in [0.5, 0.6) is 5.75 Å². The number of allylic oxidation sites excluding steroid dienone is 2. The Balaban J connectivity index is 1.50. The van der Waals surface area contributed by atoms with Gasteiger partial charge >= 0.3 is 12.4 Å². The molecule has 2 aliphatic carbocycles.